The zero-order chi connectivity index (χ0) is 21.3. The van der Waals surface area contributed by atoms with Crippen LogP contribution in [0.25, 0.3) is 6.08 Å². The minimum Gasteiger partial charge on any atom is -0.345 e. The highest BCUT2D eigenvalue weighted by atomic mass is 32.2. The monoisotopic (exact) mass is 430 g/mol. The first kappa shape index (κ1) is 20.4. The van der Waals surface area contributed by atoms with E-state index in [0.29, 0.717) is 9.23 Å². The first-order valence-corrected chi connectivity index (χ1v) is 10.9. The molecule has 1 heterocycles. The number of thioether (sulfide) groups is 1. The Kier molecular flexibility index (Phi) is 5.75. The van der Waals surface area contributed by atoms with Crippen LogP contribution in [-0.4, -0.2) is 17.3 Å². The zero-order valence-electron chi connectivity index (χ0n) is 17.1. The fourth-order valence-electron chi connectivity index (χ4n) is 3.48. The fraction of sp³-hybridized carbons (Fsp3) is 0.120. The number of carbonyl (C=O) groups excluding carboxylic acids is 1. The van der Waals surface area contributed by atoms with Gasteiger partial charge in [0.25, 0.3) is 5.91 Å². The van der Waals surface area contributed by atoms with Crippen molar-refractivity contribution >= 4 is 57.3 Å². The van der Waals surface area contributed by atoms with E-state index in [9.17, 15) is 4.79 Å². The maximum absolute atomic E-state index is 13.1. The second-order valence-electron chi connectivity index (χ2n) is 7.29. The Labute approximate surface area is 187 Å². The van der Waals surface area contributed by atoms with Gasteiger partial charge in [-0.2, -0.15) is 0 Å². The molecule has 0 atom stereocenters. The molecule has 3 aromatic carbocycles. The predicted molar refractivity (Wildman–Crippen MR) is 133 cm³/mol. The predicted octanol–water partition coefficient (Wildman–Crippen LogP) is 6.48. The molecule has 1 saturated heterocycles. The SMILES string of the molecule is Cc1ccc(N2C(=O)/C(=C\c3ccc(N(C)c4ccccc4)cc3)SC2=S)c(C)c1. The fourth-order valence-corrected chi connectivity index (χ4v) is 4.76. The van der Waals surface area contributed by atoms with Crippen molar-refractivity contribution in [3.63, 3.8) is 0 Å². The molecule has 0 spiro atoms. The summed E-state index contributed by atoms with van der Waals surface area (Å²) in [6.45, 7) is 4.05. The number of benzene rings is 3. The number of amides is 1. The van der Waals surface area contributed by atoms with Crippen LogP contribution in [0.15, 0.2) is 77.7 Å². The van der Waals surface area contributed by atoms with Gasteiger partial charge < -0.3 is 4.90 Å². The highest BCUT2D eigenvalue weighted by Crippen LogP contribution is 2.37. The van der Waals surface area contributed by atoms with Gasteiger partial charge in [0.2, 0.25) is 0 Å². The van der Waals surface area contributed by atoms with E-state index in [2.05, 4.69) is 35.2 Å². The molecule has 3 nitrogen and oxygen atoms in total. The molecular formula is C25H22N2OS2. The number of carbonyl (C=O) groups is 1. The number of rotatable bonds is 4. The third-order valence-corrected chi connectivity index (χ3v) is 6.41. The third kappa shape index (κ3) is 4.04. The van der Waals surface area contributed by atoms with E-state index in [4.69, 9.17) is 12.2 Å². The van der Waals surface area contributed by atoms with Crippen molar-refractivity contribution in [2.45, 2.75) is 13.8 Å². The summed E-state index contributed by atoms with van der Waals surface area (Å²) < 4.78 is 0.568. The van der Waals surface area contributed by atoms with Crippen molar-refractivity contribution in [1.82, 2.24) is 0 Å². The smallest absolute Gasteiger partial charge is 0.270 e. The quantitative estimate of drug-likeness (QED) is 0.349. The highest BCUT2D eigenvalue weighted by Gasteiger charge is 2.34. The van der Waals surface area contributed by atoms with Crippen LogP contribution in [0.5, 0.6) is 0 Å². The van der Waals surface area contributed by atoms with Crippen LogP contribution < -0.4 is 9.80 Å². The zero-order valence-corrected chi connectivity index (χ0v) is 18.8. The molecule has 0 unspecified atom stereocenters. The summed E-state index contributed by atoms with van der Waals surface area (Å²) in [5, 5.41) is 0. The molecule has 0 saturated carbocycles. The van der Waals surface area contributed by atoms with Gasteiger partial charge in [-0.1, -0.05) is 72.0 Å². The van der Waals surface area contributed by atoms with Gasteiger partial charge >= 0.3 is 0 Å². The summed E-state index contributed by atoms with van der Waals surface area (Å²) in [5.74, 6) is -0.0672. The maximum Gasteiger partial charge on any atom is 0.270 e. The van der Waals surface area contributed by atoms with Crippen LogP contribution in [-0.2, 0) is 4.79 Å². The normalized spacial score (nSPS) is 15.2. The number of aryl methyl sites for hydroxylation is 2. The van der Waals surface area contributed by atoms with Crippen molar-refractivity contribution in [3.8, 4) is 0 Å². The first-order chi connectivity index (χ1) is 14.4. The van der Waals surface area contributed by atoms with Gasteiger partial charge in [0.15, 0.2) is 4.32 Å². The van der Waals surface area contributed by atoms with Crippen molar-refractivity contribution < 1.29 is 4.79 Å². The lowest BCUT2D eigenvalue weighted by Gasteiger charge is -2.19. The molecule has 150 valence electrons. The Balaban J connectivity index is 1.56. The largest absolute Gasteiger partial charge is 0.345 e. The Morgan fingerprint density at radius 2 is 1.60 bits per heavy atom. The summed E-state index contributed by atoms with van der Waals surface area (Å²) in [7, 11) is 2.04. The lowest BCUT2D eigenvalue weighted by molar-refractivity contribution is -0.113. The van der Waals surface area contributed by atoms with Gasteiger partial charge in [-0.3, -0.25) is 9.69 Å². The van der Waals surface area contributed by atoms with Gasteiger partial charge in [0.05, 0.1) is 10.6 Å². The third-order valence-electron chi connectivity index (χ3n) is 5.11. The van der Waals surface area contributed by atoms with Gasteiger partial charge in [-0.15, -0.1) is 0 Å². The topological polar surface area (TPSA) is 23.6 Å². The second kappa shape index (κ2) is 8.46. The van der Waals surface area contributed by atoms with E-state index >= 15 is 0 Å². The molecule has 1 aliphatic heterocycles. The van der Waals surface area contributed by atoms with Gasteiger partial charge in [0, 0.05) is 18.4 Å². The van der Waals surface area contributed by atoms with Crippen LogP contribution in [0.1, 0.15) is 16.7 Å². The number of hydrogen-bond acceptors (Lipinski definition) is 4. The van der Waals surface area contributed by atoms with Crippen molar-refractivity contribution in [2.24, 2.45) is 0 Å². The van der Waals surface area contributed by atoms with Crippen LogP contribution in [0, 0.1) is 13.8 Å². The summed E-state index contributed by atoms with van der Waals surface area (Å²) in [4.78, 5) is 17.5. The lowest BCUT2D eigenvalue weighted by Crippen LogP contribution is -2.28. The van der Waals surface area contributed by atoms with E-state index in [0.717, 1.165) is 33.8 Å². The van der Waals surface area contributed by atoms with E-state index < -0.39 is 0 Å². The minimum atomic E-state index is -0.0672. The Morgan fingerprint density at radius 1 is 0.933 bits per heavy atom. The minimum absolute atomic E-state index is 0.0672. The number of thiocarbonyl (C=S) groups is 1. The molecule has 1 fully saturated rings. The average Bonchev–Trinajstić information content (AvgIpc) is 3.02. The number of nitrogens with zero attached hydrogens (tertiary/aromatic N) is 2. The van der Waals surface area contributed by atoms with Crippen molar-refractivity contribution in [3.05, 3.63) is 94.4 Å². The molecule has 0 N–H and O–H groups in total. The Bertz CT molecular complexity index is 1140. The molecule has 0 bridgehead atoms. The molecular weight excluding hydrogens is 408 g/mol. The maximum atomic E-state index is 13.1. The number of hydrogen-bond donors (Lipinski definition) is 0. The van der Waals surface area contributed by atoms with E-state index in [1.165, 1.54) is 11.8 Å². The molecule has 0 aromatic heterocycles. The van der Waals surface area contributed by atoms with E-state index in [1.807, 2.05) is 69.4 Å². The van der Waals surface area contributed by atoms with Crippen molar-refractivity contribution in [2.75, 3.05) is 16.8 Å². The van der Waals surface area contributed by atoms with E-state index in [-0.39, 0.29) is 5.91 Å². The standard InChI is InChI=1S/C25H22N2OS2/c1-17-9-14-22(18(2)15-17)27-24(28)23(30-25(27)29)16-19-10-12-21(13-11-19)26(3)20-7-5-4-6-8-20/h4-16H,1-3H3/b23-16+. The summed E-state index contributed by atoms with van der Waals surface area (Å²) in [5.41, 5.74) is 6.24. The van der Waals surface area contributed by atoms with Gasteiger partial charge in [-0.05, 0) is 61.4 Å². The number of anilines is 3. The van der Waals surface area contributed by atoms with Crippen molar-refractivity contribution in [1.29, 1.82) is 0 Å². The molecule has 0 aliphatic carbocycles. The lowest BCUT2D eigenvalue weighted by atomic mass is 10.1. The molecule has 1 aliphatic rings. The molecule has 1 amide bonds. The first-order valence-electron chi connectivity index (χ1n) is 9.68. The molecule has 4 rings (SSSR count). The van der Waals surface area contributed by atoms with E-state index in [1.54, 1.807) is 4.90 Å². The average molecular weight is 431 g/mol. The molecule has 3 aromatic rings. The summed E-state index contributed by atoms with van der Waals surface area (Å²) >= 11 is 6.87. The summed E-state index contributed by atoms with van der Waals surface area (Å²) in [6.07, 6.45) is 1.91. The van der Waals surface area contributed by atoms with Crippen LogP contribution in [0.2, 0.25) is 0 Å². The summed E-state index contributed by atoms with van der Waals surface area (Å²) in [6, 6.07) is 24.4. The molecule has 0 radical (unpaired) electrons. The van der Waals surface area contributed by atoms with Gasteiger partial charge in [-0.25, -0.2) is 0 Å². The Morgan fingerprint density at radius 3 is 2.27 bits per heavy atom. The Hall–Kier alpha value is -2.89. The second-order valence-corrected chi connectivity index (χ2v) is 8.97. The van der Waals surface area contributed by atoms with Crippen LogP contribution >= 0.6 is 24.0 Å². The van der Waals surface area contributed by atoms with Gasteiger partial charge in [0.1, 0.15) is 0 Å². The molecule has 30 heavy (non-hydrogen) atoms. The molecule has 5 heteroatoms. The van der Waals surface area contributed by atoms with Crippen LogP contribution in [0.4, 0.5) is 17.1 Å². The highest BCUT2D eigenvalue weighted by molar-refractivity contribution is 8.27. The van der Waals surface area contributed by atoms with Crippen LogP contribution in [0.3, 0.4) is 0 Å². The number of para-hydroxylation sites is 1.